The van der Waals surface area contributed by atoms with Crippen molar-refractivity contribution in [3.05, 3.63) is 107 Å². The van der Waals surface area contributed by atoms with Crippen molar-refractivity contribution in [1.29, 1.82) is 0 Å². The van der Waals surface area contributed by atoms with Gasteiger partial charge in [0.15, 0.2) is 5.75 Å². The molecule has 3 N–H and O–H groups in total. The number of phenolic OH excluding ortho intramolecular Hbond substituents is 1. The molecule has 8 heteroatoms. The van der Waals surface area contributed by atoms with Gasteiger partial charge >= 0.3 is 0 Å². The normalized spacial score (nSPS) is 12.7. The van der Waals surface area contributed by atoms with Gasteiger partial charge in [0.25, 0.3) is 17.7 Å². The lowest BCUT2D eigenvalue weighted by Gasteiger charge is -2.16. The number of amides is 3. The highest BCUT2D eigenvalue weighted by molar-refractivity contribution is 6.20. The first kappa shape index (κ1) is 27.0. The van der Waals surface area contributed by atoms with Crippen LogP contribution in [0.2, 0.25) is 0 Å². The van der Waals surface area contributed by atoms with E-state index in [1.807, 2.05) is 74.5 Å². The molecule has 1 aliphatic heterocycles. The third kappa shape index (κ3) is 6.16. The van der Waals surface area contributed by atoms with Crippen LogP contribution in [0.4, 0.5) is 5.69 Å². The number of para-hydroxylation sites is 1. The van der Waals surface area contributed by atoms with E-state index in [9.17, 15) is 19.5 Å². The van der Waals surface area contributed by atoms with E-state index >= 15 is 0 Å². The van der Waals surface area contributed by atoms with E-state index in [2.05, 4.69) is 10.6 Å². The summed E-state index contributed by atoms with van der Waals surface area (Å²) in [5.74, 6) is -1.69. The zero-order chi connectivity index (χ0) is 26.9. The number of rotatable bonds is 8. The molecule has 0 saturated carbocycles. The SMILES string of the molecule is CC.CN(C)C(=O)c1cccc(NC2=C(NCc3ccccc3)C(=O)N(Cc3ccccc3)C2=O)c1O. The molecule has 3 aromatic rings. The monoisotopic (exact) mass is 500 g/mol. The second-order valence-corrected chi connectivity index (χ2v) is 8.30. The van der Waals surface area contributed by atoms with Gasteiger partial charge in [0.2, 0.25) is 0 Å². The highest BCUT2D eigenvalue weighted by atomic mass is 16.3. The lowest BCUT2D eigenvalue weighted by molar-refractivity contribution is -0.138. The number of nitrogens with one attached hydrogen (secondary N) is 2. The number of imide groups is 1. The first-order chi connectivity index (χ1) is 17.9. The Balaban J connectivity index is 0.00000186. The molecule has 0 unspecified atom stereocenters. The molecule has 0 bridgehead atoms. The number of benzene rings is 3. The average molecular weight is 501 g/mol. The summed E-state index contributed by atoms with van der Waals surface area (Å²) in [6.07, 6.45) is 0. The molecule has 1 heterocycles. The maximum absolute atomic E-state index is 13.4. The number of aromatic hydroxyl groups is 1. The molecule has 0 aromatic heterocycles. The van der Waals surface area contributed by atoms with Crippen LogP contribution >= 0.6 is 0 Å². The first-order valence-corrected chi connectivity index (χ1v) is 12.1. The minimum Gasteiger partial charge on any atom is -0.505 e. The number of phenols is 1. The largest absolute Gasteiger partial charge is 0.505 e. The van der Waals surface area contributed by atoms with Crippen molar-refractivity contribution >= 4 is 23.4 Å². The molecule has 37 heavy (non-hydrogen) atoms. The summed E-state index contributed by atoms with van der Waals surface area (Å²) in [6.45, 7) is 4.43. The standard InChI is InChI=1S/C27H26N4O4.C2H6/c1-30(2)25(33)20-14-9-15-21(24(20)32)29-23-22(28-16-18-10-5-3-6-11-18)26(34)31(27(23)35)17-19-12-7-4-8-13-19;1-2/h3-15,28-29,32H,16-17H2,1-2H3;1-2H3. The third-order valence-corrected chi connectivity index (χ3v) is 5.60. The fourth-order valence-corrected chi connectivity index (χ4v) is 3.74. The molecule has 1 aliphatic rings. The van der Waals surface area contributed by atoms with E-state index < -0.39 is 11.8 Å². The Hall–Kier alpha value is -4.59. The first-order valence-electron chi connectivity index (χ1n) is 12.1. The van der Waals surface area contributed by atoms with Gasteiger partial charge in [0, 0.05) is 20.6 Å². The minimum absolute atomic E-state index is 0.00612. The van der Waals surface area contributed by atoms with Crippen LogP contribution in [0.5, 0.6) is 5.75 Å². The number of hydrogen-bond acceptors (Lipinski definition) is 6. The Bertz CT molecular complexity index is 1290. The van der Waals surface area contributed by atoms with Crippen molar-refractivity contribution < 1.29 is 19.5 Å². The van der Waals surface area contributed by atoms with E-state index in [0.29, 0.717) is 6.54 Å². The van der Waals surface area contributed by atoms with Crippen molar-refractivity contribution in [3.63, 3.8) is 0 Å². The summed E-state index contributed by atoms with van der Waals surface area (Å²) in [5.41, 5.74) is 2.07. The fourth-order valence-electron chi connectivity index (χ4n) is 3.74. The molecule has 4 rings (SSSR count). The van der Waals surface area contributed by atoms with Crippen LogP contribution in [-0.4, -0.2) is 46.7 Å². The molecule has 0 radical (unpaired) electrons. The zero-order valence-corrected chi connectivity index (χ0v) is 21.5. The molecule has 0 atom stereocenters. The van der Waals surface area contributed by atoms with Crippen LogP contribution in [-0.2, 0) is 22.7 Å². The van der Waals surface area contributed by atoms with E-state index in [4.69, 9.17) is 0 Å². The molecule has 0 aliphatic carbocycles. The molecule has 0 saturated heterocycles. The van der Waals surface area contributed by atoms with Crippen LogP contribution in [0.15, 0.2) is 90.3 Å². The van der Waals surface area contributed by atoms with E-state index in [1.165, 1.54) is 11.0 Å². The van der Waals surface area contributed by atoms with E-state index in [-0.39, 0.29) is 40.8 Å². The second-order valence-electron chi connectivity index (χ2n) is 8.30. The number of carbonyl (C=O) groups is 3. The summed E-state index contributed by atoms with van der Waals surface area (Å²) in [7, 11) is 3.16. The molecule has 3 amide bonds. The maximum Gasteiger partial charge on any atom is 0.279 e. The van der Waals surface area contributed by atoms with Crippen LogP contribution in [0.1, 0.15) is 35.3 Å². The summed E-state index contributed by atoms with van der Waals surface area (Å²) in [5, 5.41) is 16.8. The van der Waals surface area contributed by atoms with Gasteiger partial charge < -0.3 is 20.6 Å². The summed E-state index contributed by atoms with van der Waals surface area (Å²) < 4.78 is 0. The predicted molar refractivity (Wildman–Crippen MR) is 143 cm³/mol. The van der Waals surface area contributed by atoms with Gasteiger partial charge in [0.1, 0.15) is 11.4 Å². The number of hydrogen-bond donors (Lipinski definition) is 3. The lowest BCUT2D eigenvalue weighted by atomic mass is 10.1. The summed E-state index contributed by atoms with van der Waals surface area (Å²) in [6, 6.07) is 23.3. The lowest BCUT2D eigenvalue weighted by Crippen LogP contribution is -2.33. The van der Waals surface area contributed by atoms with Crippen LogP contribution < -0.4 is 10.6 Å². The Labute approximate surface area is 217 Å². The molecule has 0 spiro atoms. The van der Waals surface area contributed by atoms with Crippen LogP contribution in [0.25, 0.3) is 0 Å². The van der Waals surface area contributed by atoms with Gasteiger partial charge in [-0.2, -0.15) is 0 Å². The summed E-state index contributed by atoms with van der Waals surface area (Å²) >= 11 is 0. The average Bonchev–Trinajstić information content (AvgIpc) is 3.14. The van der Waals surface area contributed by atoms with Gasteiger partial charge in [-0.1, -0.05) is 80.6 Å². The second kappa shape index (κ2) is 12.4. The van der Waals surface area contributed by atoms with Crippen molar-refractivity contribution in [2.75, 3.05) is 19.4 Å². The Kier molecular flexibility index (Phi) is 9.05. The van der Waals surface area contributed by atoms with Gasteiger partial charge in [-0.05, 0) is 23.3 Å². The molecule has 0 fully saturated rings. The quantitative estimate of drug-likeness (QED) is 0.318. The van der Waals surface area contributed by atoms with Gasteiger partial charge in [0.05, 0.1) is 17.8 Å². The Morgan fingerprint density at radius 2 is 1.38 bits per heavy atom. The van der Waals surface area contributed by atoms with Gasteiger partial charge in [-0.15, -0.1) is 0 Å². The smallest absolute Gasteiger partial charge is 0.279 e. The highest BCUT2D eigenvalue weighted by Gasteiger charge is 2.39. The summed E-state index contributed by atoms with van der Waals surface area (Å²) in [4.78, 5) is 41.6. The third-order valence-electron chi connectivity index (χ3n) is 5.60. The van der Waals surface area contributed by atoms with Crippen molar-refractivity contribution in [3.8, 4) is 5.75 Å². The van der Waals surface area contributed by atoms with Crippen molar-refractivity contribution in [2.45, 2.75) is 26.9 Å². The fraction of sp³-hybridized carbons (Fsp3) is 0.207. The molecule has 192 valence electrons. The maximum atomic E-state index is 13.4. The molecular weight excluding hydrogens is 468 g/mol. The molecule has 8 nitrogen and oxygen atoms in total. The van der Waals surface area contributed by atoms with Crippen molar-refractivity contribution in [2.24, 2.45) is 0 Å². The molecular formula is C29H32N4O4. The number of carbonyl (C=O) groups excluding carboxylic acids is 3. The minimum atomic E-state index is -0.529. The zero-order valence-electron chi connectivity index (χ0n) is 21.5. The highest BCUT2D eigenvalue weighted by Crippen LogP contribution is 2.32. The van der Waals surface area contributed by atoms with Crippen LogP contribution in [0, 0.1) is 0 Å². The van der Waals surface area contributed by atoms with Crippen molar-refractivity contribution in [1.82, 2.24) is 15.1 Å². The predicted octanol–water partition coefficient (Wildman–Crippen LogP) is 4.10. The van der Waals surface area contributed by atoms with E-state index in [0.717, 1.165) is 16.0 Å². The van der Waals surface area contributed by atoms with E-state index in [1.54, 1.807) is 26.2 Å². The van der Waals surface area contributed by atoms with Gasteiger partial charge in [-0.3, -0.25) is 19.3 Å². The number of nitrogens with zero attached hydrogens (tertiary/aromatic N) is 2. The Morgan fingerprint density at radius 3 is 1.97 bits per heavy atom. The van der Waals surface area contributed by atoms with Gasteiger partial charge in [-0.25, -0.2) is 0 Å². The number of anilines is 1. The van der Waals surface area contributed by atoms with Crippen LogP contribution in [0.3, 0.4) is 0 Å². The Morgan fingerprint density at radius 1 is 0.811 bits per heavy atom. The molecule has 3 aromatic carbocycles. The topological polar surface area (TPSA) is 102 Å².